The van der Waals surface area contributed by atoms with Crippen molar-refractivity contribution in [1.29, 1.82) is 0 Å². The quantitative estimate of drug-likeness (QED) is 0.276. The molecule has 0 N–H and O–H groups in total. The van der Waals surface area contributed by atoms with Crippen molar-refractivity contribution in [1.82, 2.24) is 9.13 Å². The van der Waals surface area contributed by atoms with Crippen molar-refractivity contribution >= 4 is 40.3 Å². The molecular formula is C31H31N3O7S. The summed E-state index contributed by atoms with van der Waals surface area (Å²) in [4.78, 5) is 44.1. The molecule has 0 bridgehead atoms. The molecular weight excluding hydrogens is 558 g/mol. The molecule has 42 heavy (non-hydrogen) atoms. The SMILES string of the molecule is CCOC(=O)C1=C(C)N=c2s/c(=C/c3cn(C)c4ccccc34)c(=O)n2[C@@H]1c1ccc(OCC(=O)OC)c(OCC)c1. The molecule has 11 heteroatoms. The number of nitrogens with zero attached hydrogens (tertiary/aromatic N) is 3. The Morgan fingerprint density at radius 1 is 1.07 bits per heavy atom. The molecule has 3 heterocycles. The first-order valence-electron chi connectivity index (χ1n) is 13.5. The molecule has 2 aromatic heterocycles. The summed E-state index contributed by atoms with van der Waals surface area (Å²) in [5, 5.41) is 1.02. The van der Waals surface area contributed by atoms with E-state index in [1.807, 2.05) is 55.1 Å². The zero-order valence-corrected chi connectivity index (χ0v) is 24.8. The van der Waals surface area contributed by atoms with Crippen LogP contribution in [0.25, 0.3) is 17.0 Å². The Morgan fingerprint density at radius 3 is 2.60 bits per heavy atom. The largest absolute Gasteiger partial charge is 0.490 e. The number of thiazole rings is 1. The highest BCUT2D eigenvalue weighted by molar-refractivity contribution is 7.07. The lowest BCUT2D eigenvalue weighted by molar-refractivity contribution is -0.143. The Bertz CT molecular complexity index is 1900. The smallest absolute Gasteiger partial charge is 0.343 e. The number of aryl methyl sites for hydroxylation is 1. The van der Waals surface area contributed by atoms with Gasteiger partial charge in [0, 0.05) is 29.7 Å². The van der Waals surface area contributed by atoms with Crippen LogP contribution in [0.5, 0.6) is 11.5 Å². The van der Waals surface area contributed by atoms with Crippen molar-refractivity contribution in [3.63, 3.8) is 0 Å². The third-order valence-electron chi connectivity index (χ3n) is 6.89. The zero-order chi connectivity index (χ0) is 30.0. The van der Waals surface area contributed by atoms with E-state index in [0.717, 1.165) is 16.5 Å². The number of allylic oxidation sites excluding steroid dienone is 1. The van der Waals surface area contributed by atoms with E-state index in [2.05, 4.69) is 9.73 Å². The third-order valence-corrected chi connectivity index (χ3v) is 7.87. The summed E-state index contributed by atoms with van der Waals surface area (Å²) in [6, 6.07) is 12.2. The van der Waals surface area contributed by atoms with Gasteiger partial charge in [0.05, 0.1) is 42.2 Å². The molecule has 0 fully saturated rings. The second-order valence-corrected chi connectivity index (χ2v) is 10.5. The molecule has 5 rings (SSSR count). The average molecular weight is 590 g/mol. The van der Waals surface area contributed by atoms with Gasteiger partial charge in [-0.25, -0.2) is 14.6 Å². The van der Waals surface area contributed by atoms with Crippen molar-refractivity contribution in [2.75, 3.05) is 26.9 Å². The van der Waals surface area contributed by atoms with Gasteiger partial charge < -0.3 is 23.5 Å². The molecule has 1 atom stereocenters. The molecule has 1 aliphatic rings. The summed E-state index contributed by atoms with van der Waals surface area (Å²) < 4.78 is 25.6. The van der Waals surface area contributed by atoms with Crippen LogP contribution in [-0.2, 0) is 26.1 Å². The number of methoxy groups -OCH3 is 1. The lowest BCUT2D eigenvalue weighted by Gasteiger charge is -2.25. The van der Waals surface area contributed by atoms with Crippen LogP contribution in [0.4, 0.5) is 0 Å². The highest BCUT2D eigenvalue weighted by atomic mass is 32.1. The first kappa shape index (κ1) is 28.9. The van der Waals surface area contributed by atoms with Gasteiger partial charge in [-0.05, 0) is 50.6 Å². The van der Waals surface area contributed by atoms with E-state index in [4.69, 9.17) is 14.2 Å². The average Bonchev–Trinajstić information content (AvgIpc) is 3.46. The highest BCUT2D eigenvalue weighted by Crippen LogP contribution is 2.36. The van der Waals surface area contributed by atoms with E-state index in [1.165, 1.54) is 23.0 Å². The molecule has 0 aliphatic carbocycles. The third kappa shape index (κ3) is 5.35. The standard InChI is InChI=1S/C31H31N3O7S/c1-6-39-24-14-19(12-13-23(24)41-17-26(35)38-5)28-27(30(37)40-7-2)18(3)32-31-34(28)29(36)25(42-31)15-20-16-33(4)22-11-9-8-10-21(20)22/h8-16,28H,6-7,17H2,1-5H3/b25-15+/t28-/m1/s1. The molecule has 4 aromatic rings. The monoisotopic (exact) mass is 589 g/mol. The van der Waals surface area contributed by atoms with Crippen LogP contribution in [0.15, 0.2) is 69.7 Å². The van der Waals surface area contributed by atoms with Gasteiger partial charge in [-0.1, -0.05) is 35.6 Å². The first-order valence-corrected chi connectivity index (χ1v) is 14.3. The molecule has 0 saturated heterocycles. The van der Waals surface area contributed by atoms with Gasteiger partial charge in [-0.15, -0.1) is 0 Å². The number of ether oxygens (including phenoxy) is 4. The summed E-state index contributed by atoms with van der Waals surface area (Å²) >= 11 is 1.26. The van der Waals surface area contributed by atoms with Crippen molar-refractivity contribution in [3.8, 4) is 11.5 Å². The fraction of sp³-hybridized carbons (Fsp3) is 0.290. The Morgan fingerprint density at radius 2 is 1.86 bits per heavy atom. The zero-order valence-electron chi connectivity index (χ0n) is 24.0. The van der Waals surface area contributed by atoms with E-state index in [1.54, 1.807) is 32.0 Å². The summed E-state index contributed by atoms with van der Waals surface area (Å²) in [7, 11) is 3.24. The van der Waals surface area contributed by atoms with Gasteiger partial charge in [-0.3, -0.25) is 9.36 Å². The summed E-state index contributed by atoms with van der Waals surface area (Å²) in [5.74, 6) is -0.415. The second-order valence-electron chi connectivity index (χ2n) is 9.52. The minimum absolute atomic E-state index is 0.165. The van der Waals surface area contributed by atoms with Gasteiger partial charge in [-0.2, -0.15) is 0 Å². The Labute approximate surface area is 245 Å². The van der Waals surface area contributed by atoms with Crippen LogP contribution in [0.1, 0.15) is 37.9 Å². The topological polar surface area (TPSA) is 110 Å². The van der Waals surface area contributed by atoms with Crippen molar-refractivity contribution in [2.24, 2.45) is 12.0 Å². The highest BCUT2D eigenvalue weighted by Gasteiger charge is 2.34. The number of fused-ring (bicyclic) bond motifs is 2. The van der Waals surface area contributed by atoms with Crippen molar-refractivity contribution < 1.29 is 28.5 Å². The number of rotatable bonds is 9. The Balaban J connectivity index is 1.69. The maximum Gasteiger partial charge on any atom is 0.343 e. The maximum atomic E-state index is 14.1. The minimum atomic E-state index is -0.830. The number of carbonyl (C=O) groups is 2. The van der Waals surface area contributed by atoms with Gasteiger partial charge in [0.2, 0.25) is 0 Å². The predicted octanol–water partition coefficient (Wildman–Crippen LogP) is 3.24. The number of esters is 2. The van der Waals surface area contributed by atoms with Crippen LogP contribution in [0.3, 0.4) is 0 Å². The fourth-order valence-corrected chi connectivity index (χ4v) is 6.05. The summed E-state index contributed by atoms with van der Waals surface area (Å²) in [6.45, 7) is 5.47. The van der Waals surface area contributed by atoms with E-state index < -0.39 is 18.0 Å². The molecule has 218 valence electrons. The van der Waals surface area contributed by atoms with E-state index >= 15 is 0 Å². The van der Waals surface area contributed by atoms with E-state index in [0.29, 0.717) is 38.7 Å². The van der Waals surface area contributed by atoms with Gasteiger partial charge in [0.25, 0.3) is 5.56 Å². The molecule has 10 nitrogen and oxygen atoms in total. The molecule has 0 spiro atoms. The number of benzene rings is 2. The second kappa shape index (κ2) is 12.1. The number of hydrogen-bond acceptors (Lipinski definition) is 9. The number of hydrogen-bond donors (Lipinski definition) is 0. The maximum absolute atomic E-state index is 14.1. The molecule has 0 amide bonds. The molecule has 0 unspecified atom stereocenters. The van der Waals surface area contributed by atoms with Crippen LogP contribution < -0.4 is 24.4 Å². The van der Waals surface area contributed by atoms with Crippen LogP contribution >= 0.6 is 11.3 Å². The molecule has 2 aromatic carbocycles. The lowest BCUT2D eigenvalue weighted by atomic mass is 9.95. The predicted molar refractivity (Wildman–Crippen MR) is 158 cm³/mol. The summed E-state index contributed by atoms with van der Waals surface area (Å²) in [6.07, 6.45) is 3.85. The Kier molecular flexibility index (Phi) is 8.30. The number of para-hydroxylation sites is 1. The first-order chi connectivity index (χ1) is 20.3. The van der Waals surface area contributed by atoms with Gasteiger partial charge in [0.1, 0.15) is 0 Å². The number of aromatic nitrogens is 2. The van der Waals surface area contributed by atoms with Crippen LogP contribution in [0, 0.1) is 0 Å². The Hall–Kier alpha value is -4.64. The van der Waals surface area contributed by atoms with Crippen LogP contribution in [0.2, 0.25) is 0 Å². The van der Waals surface area contributed by atoms with Gasteiger partial charge in [0.15, 0.2) is 22.9 Å². The molecule has 0 radical (unpaired) electrons. The number of carbonyl (C=O) groups excluding carboxylic acids is 2. The fourth-order valence-electron chi connectivity index (χ4n) is 5.01. The van der Waals surface area contributed by atoms with Gasteiger partial charge >= 0.3 is 11.9 Å². The lowest BCUT2D eigenvalue weighted by Crippen LogP contribution is -2.40. The van der Waals surface area contributed by atoms with E-state index in [-0.39, 0.29) is 24.3 Å². The molecule has 0 saturated carbocycles. The molecule has 1 aliphatic heterocycles. The minimum Gasteiger partial charge on any atom is -0.490 e. The summed E-state index contributed by atoms with van der Waals surface area (Å²) in [5.41, 5.74) is 2.98. The normalized spacial score (nSPS) is 14.9. The van der Waals surface area contributed by atoms with Crippen LogP contribution in [-0.4, -0.2) is 48.0 Å². The van der Waals surface area contributed by atoms with Crippen molar-refractivity contribution in [2.45, 2.75) is 26.8 Å². The van der Waals surface area contributed by atoms with Crippen molar-refractivity contribution in [3.05, 3.63) is 90.7 Å². The van der Waals surface area contributed by atoms with E-state index in [9.17, 15) is 14.4 Å².